The molecule has 0 aliphatic rings. The number of rotatable bonds is 2. The zero-order valence-electron chi connectivity index (χ0n) is 6.59. The highest BCUT2D eigenvalue weighted by Crippen LogP contribution is 1.92. The van der Waals surface area contributed by atoms with Gasteiger partial charge >= 0.3 is 0 Å². The monoisotopic (exact) mass is 159 g/mol. The summed E-state index contributed by atoms with van der Waals surface area (Å²) in [6.45, 7) is 3.96. The van der Waals surface area contributed by atoms with Crippen molar-refractivity contribution in [2.45, 2.75) is 20.3 Å². The van der Waals surface area contributed by atoms with Gasteiger partial charge in [-0.25, -0.2) is 0 Å². The van der Waals surface area contributed by atoms with Crippen LogP contribution in [-0.4, -0.2) is 17.1 Å². The average molecular weight is 159 g/mol. The van der Waals surface area contributed by atoms with Crippen molar-refractivity contribution in [3.63, 3.8) is 0 Å². The van der Waals surface area contributed by atoms with Gasteiger partial charge in [-0.1, -0.05) is 18.7 Å². The third kappa shape index (κ3) is 4.38. The van der Waals surface area contributed by atoms with Gasteiger partial charge in [0, 0.05) is 5.71 Å². The van der Waals surface area contributed by atoms with Gasteiger partial charge < -0.3 is 5.73 Å². The van der Waals surface area contributed by atoms with Crippen LogP contribution in [0.15, 0.2) is 10.2 Å². The molecule has 0 saturated heterocycles. The van der Waals surface area contributed by atoms with Crippen molar-refractivity contribution in [3.05, 3.63) is 0 Å². The molecule has 0 radical (unpaired) electrons. The van der Waals surface area contributed by atoms with Crippen LogP contribution in [0.4, 0.5) is 0 Å². The van der Waals surface area contributed by atoms with Crippen molar-refractivity contribution in [1.29, 1.82) is 0 Å². The summed E-state index contributed by atoms with van der Waals surface area (Å²) in [6.07, 6.45) is 2.79. The topological polar surface area (TPSA) is 50.7 Å². The van der Waals surface area contributed by atoms with Crippen molar-refractivity contribution in [2.24, 2.45) is 15.9 Å². The van der Waals surface area contributed by atoms with Crippen molar-refractivity contribution in [3.8, 4) is 0 Å². The Morgan fingerprint density at radius 1 is 1.50 bits per heavy atom. The summed E-state index contributed by atoms with van der Waals surface area (Å²) < 4.78 is 0. The molecule has 0 rings (SSSR count). The summed E-state index contributed by atoms with van der Waals surface area (Å²) in [7, 11) is 0. The zero-order valence-corrected chi connectivity index (χ0v) is 7.40. The van der Waals surface area contributed by atoms with E-state index in [1.807, 2.05) is 20.1 Å². The minimum absolute atomic E-state index is 0.507. The number of nitrogens with two attached hydrogens (primary N) is 1. The lowest BCUT2D eigenvalue weighted by molar-refractivity contribution is 1.16. The summed E-state index contributed by atoms with van der Waals surface area (Å²) >= 11 is 1.40. The van der Waals surface area contributed by atoms with E-state index in [2.05, 4.69) is 10.2 Å². The van der Waals surface area contributed by atoms with Crippen LogP contribution in [0.5, 0.6) is 0 Å². The number of amidine groups is 1. The molecule has 4 heteroatoms. The molecular weight excluding hydrogens is 146 g/mol. The predicted molar refractivity (Wildman–Crippen MR) is 48.5 cm³/mol. The molecule has 0 heterocycles. The van der Waals surface area contributed by atoms with E-state index in [4.69, 9.17) is 5.73 Å². The first kappa shape index (κ1) is 9.49. The number of hydrogen-bond acceptors (Lipinski definition) is 3. The van der Waals surface area contributed by atoms with Crippen molar-refractivity contribution in [2.75, 3.05) is 6.26 Å². The molecule has 0 unspecified atom stereocenters. The van der Waals surface area contributed by atoms with Gasteiger partial charge in [0.15, 0.2) is 5.17 Å². The van der Waals surface area contributed by atoms with E-state index in [0.29, 0.717) is 5.17 Å². The van der Waals surface area contributed by atoms with Crippen LogP contribution in [0.25, 0.3) is 0 Å². The first-order valence-electron chi connectivity index (χ1n) is 3.11. The first-order chi connectivity index (χ1) is 4.70. The van der Waals surface area contributed by atoms with Crippen LogP contribution < -0.4 is 5.73 Å². The SMILES string of the molecule is CC/C(C)=N\N=C(\N)SC. The zero-order chi connectivity index (χ0) is 7.98. The van der Waals surface area contributed by atoms with E-state index in [-0.39, 0.29) is 0 Å². The Bertz CT molecular complexity index is 133. The lowest BCUT2D eigenvalue weighted by Gasteiger charge is -1.90. The van der Waals surface area contributed by atoms with E-state index in [9.17, 15) is 0 Å². The van der Waals surface area contributed by atoms with Gasteiger partial charge in [-0.05, 0) is 19.6 Å². The molecule has 0 fully saturated rings. The summed E-state index contributed by atoms with van der Waals surface area (Å²) in [5, 5.41) is 8.14. The number of nitrogens with zero attached hydrogens (tertiary/aromatic N) is 2. The van der Waals surface area contributed by atoms with Gasteiger partial charge in [0.25, 0.3) is 0 Å². The Morgan fingerprint density at radius 2 is 2.10 bits per heavy atom. The van der Waals surface area contributed by atoms with Gasteiger partial charge in [0.05, 0.1) is 0 Å². The molecule has 0 aliphatic heterocycles. The Hall–Kier alpha value is -0.510. The molecule has 0 saturated carbocycles. The second kappa shape index (κ2) is 5.29. The highest BCUT2D eigenvalue weighted by Gasteiger charge is 1.85. The molecule has 58 valence electrons. The smallest absolute Gasteiger partial charge is 0.180 e. The first-order valence-corrected chi connectivity index (χ1v) is 4.33. The summed E-state index contributed by atoms with van der Waals surface area (Å²) in [4.78, 5) is 0. The molecular formula is C6H13N3S. The van der Waals surface area contributed by atoms with Crippen molar-refractivity contribution < 1.29 is 0 Å². The lowest BCUT2D eigenvalue weighted by atomic mass is 10.3. The number of hydrogen-bond donors (Lipinski definition) is 1. The minimum Gasteiger partial charge on any atom is -0.377 e. The fourth-order valence-corrected chi connectivity index (χ4v) is 0.369. The Morgan fingerprint density at radius 3 is 2.50 bits per heavy atom. The highest BCUT2D eigenvalue weighted by atomic mass is 32.2. The van der Waals surface area contributed by atoms with E-state index in [1.54, 1.807) is 0 Å². The van der Waals surface area contributed by atoms with Crippen LogP contribution in [0, 0.1) is 0 Å². The van der Waals surface area contributed by atoms with Crippen LogP contribution in [0.2, 0.25) is 0 Å². The lowest BCUT2D eigenvalue weighted by Crippen LogP contribution is -2.04. The summed E-state index contributed by atoms with van der Waals surface area (Å²) in [6, 6.07) is 0. The van der Waals surface area contributed by atoms with Crippen molar-refractivity contribution in [1.82, 2.24) is 0 Å². The van der Waals surface area contributed by atoms with E-state index in [1.165, 1.54) is 11.8 Å². The maximum atomic E-state index is 5.38. The van der Waals surface area contributed by atoms with Crippen LogP contribution in [0.3, 0.4) is 0 Å². The van der Waals surface area contributed by atoms with Crippen LogP contribution >= 0.6 is 11.8 Å². The molecule has 0 bridgehead atoms. The summed E-state index contributed by atoms with van der Waals surface area (Å²) in [5.41, 5.74) is 6.38. The molecule has 0 aromatic rings. The van der Waals surface area contributed by atoms with Crippen molar-refractivity contribution >= 4 is 22.6 Å². The average Bonchev–Trinajstić information content (AvgIpc) is 1.99. The number of thioether (sulfide) groups is 1. The third-order valence-electron chi connectivity index (χ3n) is 1.04. The maximum absolute atomic E-state index is 5.38. The molecule has 0 spiro atoms. The minimum atomic E-state index is 0.507. The van der Waals surface area contributed by atoms with Gasteiger partial charge in [-0.3, -0.25) is 0 Å². The molecule has 0 aliphatic carbocycles. The Kier molecular flexibility index (Phi) is 5.02. The second-order valence-corrected chi connectivity index (χ2v) is 2.66. The fourth-order valence-electron chi connectivity index (χ4n) is 0.246. The normalized spacial score (nSPS) is 13.9. The second-order valence-electron chi connectivity index (χ2n) is 1.83. The molecule has 10 heavy (non-hydrogen) atoms. The molecule has 0 amide bonds. The predicted octanol–water partition coefficient (Wildman–Crippen LogP) is 1.45. The van der Waals surface area contributed by atoms with Crippen LogP contribution in [0.1, 0.15) is 20.3 Å². The van der Waals surface area contributed by atoms with Crippen LogP contribution in [-0.2, 0) is 0 Å². The Balaban J connectivity index is 3.91. The van der Waals surface area contributed by atoms with Gasteiger partial charge in [0.1, 0.15) is 0 Å². The van der Waals surface area contributed by atoms with E-state index in [0.717, 1.165) is 12.1 Å². The van der Waals surface area contributed by atoms with E-state index >= 15 is 0 Å². The third-order valence-corrected chi connectivity index (χ3v) is 1.54. The quantitative estimate of drug-likeness (QED) is 0.376. The standard InChI is InChI=1S/C6H13N3S/c1-4-5(2)8-9-6(7)10-3/h4H2,1-3H3,(H2,7,9)/b8-5-. The van der Waals surface area contributed by atoms with Gasteiger partial charge in [0.2, 0.25) is 0 Å². The largest absolute Gasteiger partial charge is 0.377 e. The molecule has 3 nitrogen and oxygen atoms in total. The van der Waals surface area contributed by atoms with Gasteiger partial charge in [-0.2, -0.15) is 5.10 Å². The maximum Gasteiger partial charge on any atom is 0.180 e. The fraction of sp³-hybridized carbons (Fsp3) is 0.667. The van der Waals surface area contributed by atoms with Gasteiger partial charge in [-0.15, -0.1) is 5.10 Å². The Labute approximate surface area is 65.8 Å². The molecule has 0 aromatic heterocycles. The molecule has 0 aromatic carbocycles. The molecule has 0 atom stereocenters. The van der Waals surface area contributed by atoms with E-state index < -0.39 is 0 Å². The highest BCUT2D eigenvalue weighted by molar-refractivity contribution is 8.13. The molecule has 2 N–H and O–H groups in total. The summed E-state index contributed by atoms with van der Waals surface area (Å²) in [5.74, 6) is 0.